The zero-order valence-corrected chi connectivity index (χ0v) is 39.7. The SMILES string of the molecule is C=C1/C(=C\C=C2/CCC[C@]3(C)[C@@H](C(C)(C)/C=C/C(O)C4(C(=O)CCCCCCC)CC4)CC[C@@H]23)C[C@@H](O[Si](C)(C)C(C)(C)C)C[C@@H]1O[Si](C)(C)C(C)(C)C. The molecule has 4 fully saturated rings. The minimum absolute atomic E-state index is 0.00894. The zero-order chi connectivity index (χ0) is 40.5. The molecular formula is C48H84O4Si2. The largest absolute Gasteiger partial charge is 0.413 e. The molecule has 0 aromatic heterocycles. The Morgan fingerprint density at radius 3 is 2.11 bits per heavy atom. The highest BCUT2D eigenvalue weighted by atomic mass is 28.4. The van der Waals surface area contributed by atoms with Gasteiger partial charge in [0, 0.05) is 12.8 Å². The van der Waals surface area contributed by atoms with Gasteiger partial charge in [0.05, 0.1) is 23.7 Å². The normalized spacial score (nSPS) is 30.3. The third-order valence-corrected chi connectivity index (χ3v) is 24.7. The van der Waals surface area contributed by atoms with E-state index in [2.05, 4.69) is 114 Å². The fraction of sp³-hybridized carbons (Fsp3) is 0.812. The van der Waals surface area contributed by atoms with Crippen LogP contribution in [0.25, 0.3) is 0 Å². The Kier molecular flexibility index (Phi) is 14.4. The molecule has 4 aliphatic rings. The fourth-order valence-corrected chi connectivity index (χ4v) is 12.5. The van der Waals surface area contributed by atoms with Gasteiger partial charge in [0.1, 0.15) is 5.78 Å². The first-order valence-electron chi connectivity index (χ1n) is 22.2. The summed E-state index contributed by atoms with van der Waals surface area (Å²) in [6.45, 7) is 37.7. The summed E-state index contributed by atoms with van der Waals surface area (Å²) in [5, 5.41) is 11.7. The molecule has 308 valence electrons. The van der Waals surface area contributed by atoms with Gasteiger partial charge >= 0.3 is 0 Å². The van der Waals surface area contributed by atoms with Crippen LogP contribution in [0.3, 0.4) is 0 Å². The van der Waals surface area contributed by atoms with Crippen molar-refractivity contribution in [2.75, 3.05) is 0 Å². The lowest BCUT2D eigenvalue weighted by Gasteiger charge is -2.47. The second-order valence-corrected chi connectivity index (χ2v) is 31.7. The monoisotopic (exact) mass is 781 g/mol. The van der Waals surface area contributed by atoms with Crippen molar-refractivity contribution in [3.63, 3.8) is 0 Å². The van der Waals surface area contributed by atoms with Crippen molar-refractivity contribution in [2.24, 2.45) is 28.1 Å². The lowest BCUT2D eigenvalue weighted by atomic mass is 9.57. The maximum atomic E-state index is 13.3. The third-order valence-electron chi connectivity index (χ3n) is 15.7. The number of aliphatic hydroxyl groups excluding tert-OH is 1. The zero-order valence-electron chi connectivity index (χ0n) is 37.7. The molecule has 0 heterocycles. The van der Waals surface area contributed by atoms with Gasteiger partial charge in [0.15, 0.2) is 16.6 Å². The molecule has 1 unspecified atom stereocenters. The highest BCUT2D eigenvalue weighted by molar-refractivity contribution is 6.74. The molecule has 6 atom stereocenters. The maximum absolute atomic E-state index is 13.3. The first-order valence-corrected chi connectivity index (χ1v) is 28.0. The molecule has 4 saturated carbocycles. The van der Waals surface area contributed by atoms with Crippen molar-refractivity contribution in [3.8, 4) is 0 Å². The number of unbranched alkanes of at least 4 members (excludes halogenated alkanes) is 4. The number of ketones is 1. The predicted octanol–water partition coefficient (Wildman–Crippen LogP) is 13.8. The second-order valence-electron chi connectivity index (χ2n) is 22.2. The molecule has 54 heavy (non-hydrogen) atoms. The quantitative estimate of drug-likeness (QED) is 0.0963. The first kappa shape index (κ1) is 45.6. The van der Waals surface area contributed by atoms with E-state index < -0.39 is 28.2 Å². The minimum Gasteiger partial charge on any atom is -0.413 e. The van der Waals surface area contributed by atoms with Crippen LogP contribution in [0.4, 0.5) is 0 Å². The van der Waals surface area contributed by atoms with E-state index in [-0.39, 0.29) is 38.9 Å². The van der Waals surface area contributed by atoms with Crippen LogP contribution in [0.2, 0.25) is 36.3 Å². The molecule has 0 radical (unpaired) electrons. The van der Waals surface area contributed by atoms with Crippen LogP contribution >= 0.6 is 0 Å². The Balaban J connectivity index is 1.52. The van der Waals surface area contributed by atoms with Crippen molar-refractivity contribution < 1.29 is 18.8 Å². The maximum Gasteiger partial charge on any atom is 0.192 e. The Labute approximate surface area is 335 Å². The third kappa shape index (κ3) is 10.1. The van der Waals surface area contributed by atoms with Crippen LogP contribution in [0.1, 0.15) is 166 Å². The highest BCUT2D eigenvalue weighted by Crippen LogP contribution is 2.62. The van der Waals surface area contributed by atoms with Crippen LogP contribution in [-0.2, 0) is 13.6 Å². The summed E-state index contributed by atoms with van der Waals surface area (Å²) in [4.78, 5) is 13.3. The molecule has 0 spiro atoms. The summed E-state index contributed by atoms with van der Waals surface area (Å²) in [7, 11) is -3.99. The summed E-state index contributed by atoms with van der Waals surface area (Å²) in [5.41, 5.74) is 3.68. The lowest BCUT2D eigenvalue weighted by Crippen LogP contribution is -2.49. The summed E-state index contributed by atoms with van der Waals surface area (Å²) < 4.78 is 14.2. The Hall–Kier alpha value is -1.06. The Morgan fingerprint density at radius 1 is 0.907 bits per heavy atom. The van der Waals surface area contributed by atoms with Crippen molar-refractivity contribution in [1.82, 2.24) is 0 Å². The number of fused-ring (bicyclic) bond motifs is 1. The van der Waals surface area contributed by atoms with E-state index in [4.69, 9.17) is 15.4 Å². The van der Waals surface area contributed by atoms with Gasteiger partial charge in [-0.1, -0.05) is 131 Å². The standard InChI is InChI=1S/C48H84O4Si2/c1-16-17-18-19-20-23-42(49)48(31-32-48)43(50)28-30-46(9,10)41-27-26-39-36(22-21-29-47(39,41)11)24-25-37-33-38(51-53(12,13)44(3,4)5)34-40(35(37)2)52-54(14,15)45(6,7)8/h24-25,28,30,38-41,43,50H,2,16-23,26-27,29,31-34H2,1,3-15H3/b30-28+,36-24+,37-25-/t38-,39+,40+,41-,43?,47+/m1/s1. The van der Waals surface area contributed by atoms with Crippen LogP contribution in [0.5, 0.6) is 0 Å². The highest BCUT2D eigenvalue weighted by Gasteiger charge is 2.55. The molecule has 6 heteroatoms. The van der Waals surface area contributed by atoms with Gasteiger partial charge in [-0.25, -0.2) is 0 Å². The summed E-state index contributed by atoms with van der Waals surface area (Å²) in [5.74, 6) is 1.37. The van der Waals surface area contributed by atoms with Crippen molar-refractivity contribution in [1.29, 1.82) is 0 Å². The van der Waals surface area contributed by atoms with E-state index in [1.54, 1.807) is 5.57 Å². The summed E-state index contributed by atoms with van der Waals surface area (Å²) in [6.07, 6.45) is 24.5. The molecular weight excluding hydrogens is 697 g/mol. The number of hydrogen-bond acceptors (Lipinski definition) is 4. The van der Waals surface area contributed by atoms with E-state index in [0.717, 1.165) is 50.5 Å². The smallest absolute Gasteiger partial charge is 0.192 e. The van der Waals surface area contributed by atoms with Gasteiger partial charge in [-0.15, -0.1) is 0 Å². The summed E-state index contributed by atoms with van der Waals surface area (Å²) >= 11 is 0. The number of Topliss-reactive ketones (excluding diaryl/α,β-unsaturated/α-hetero) is 1. The first-order chi connectivity index (χ1) is 24.8. The van der Waals surface area contributed by atoms with Gasteiger partial charge in [-0.3, -0.25) is 4.79 Å². The molecule has 4 aliphatic carbocycles. The van der Waals surface area contributed by atoms with Gasteiger partial charge < -0.3 is 14.0 Å². The van der Waals surface area contributed by atoms with E-state index in [9.17, 15) is 9.90 Å². The molecule has 0 amide bonds. The predicted molar refractivity (Wildman–Crippen MR) is 236 cm³/mol. The number of rotatable bonds is 16. The van der Waals surface area contributed by atoms with E-state index in [0.29, 0.717) is 18.3 Å². The lowest BCUT2D eigenvalue weighted by molar-refractivity contribution is -0.127. The Bertz CT molecular complexity index is 1410. The molecule has 0 aromatic rings. The number of hydrogen-bond donors (Lipinski definition) is 1. The topological polar surface area (TPSA) is 55.8 Å². The van der Waals surface area contributed by atoms with E-state index >= 15 is 0 Å². The molecule has 0 aromatic carbocycles. The number of allylic oxidation sites excluding steroid dienone is 4. The molecule has 0 saturated heterocycles. The average molecular weight is 781 g/mol. The van der Waals surface area contributed by atoms with E-state index in [1.165, 1.54) is 50.5 Å². The molecule has 0 aliphatic heterocycles. The van der Waals surface area contributed by atoms with Gasteiger partial charge in [-0.2, -0.15) is 0 Å². The fourth-order valence-electron chi connectivity index (χ4n) is 9.88. The van der Waals surface area contributed by atoms with Crippen molar-refractivity contribution in [2.45, 2.75) is 220 Å². The minimum atomic E-state index is -2.02. The average Bonchev–Trinajstić information content (AvgIpc) is 3.78. The van der Waals surface area contributed by atoms with E-state index in [1.807, 2.05) is 6.08 Å². The molecule has 4 nitrogen and oxygen atoms in total. The molecule has 1 N–H and O–H groups in total. The number of carbonyl (C=O) groups is 1. The van der Waals surface area contributed by atoms with Crippen molar-refractivity contribution >= 4 is 22.4 Å². The van der Waals surface area contributed by atoms with Gasteiger partial charge in [-0.05, 0) is 128 Å². The summed E-state index contributed by atoms with van der Waals surface area (Å²) in [6, 6.07) is 0. The Morgan fingerprint density at radius 2 is 1.52 bits per heavy atom. The molecule has 4 rings (SSSR count). The van der Waals surface area contributed by atoms with Crippen LogP contribution in [-0.4, -0.2) is 45.8 Å². The van der Waals surface area contributed by atoms with Crippen LogP contribution < -0.4 is 0 Å². The van der Waals surface area contributed by atoms with Gasteiger partial charge in [0.2, 0.25) is 0 Å². The number of aliphatic hydroxyl groups is 1. The van der Waals surface area contributed by atoms with Crippen LogP contribution in [0.15, 0.2) is 47.6 Å². The number of carbonyl (C=O) groups excluding carboxylic acids is 1. The van der Waals surface area contributed by atoms with Gasteiger partial charge in [0.25, 0.3) is 0 Å². The second kappa shape index (κ2) is 17.0. The van der Waals surface area contributed by atoms with Crippen molar-refractivity contribution in [3.05, 3.63) is 47.6 Å². The molecule has 0 bridgehead atoms. The van der Waals surface area contributed by atoms with Crippen LogP contribution in [0, 0.1) is 28.1 Å².